The molecule has 0 radical (unpaired) electrons. The highest BCUT2D eigenvalue weighted by atomic mass is 31.2. The van der Waals surface area contributed by atoms with Crippen molar-refractivity contribution in [2.45, 2.75) is 167 Å². The van der Waals surface area contributed by atoms with Gasteiger partial charge in [-0.15, -0.1) is 0 Å². The maximum absolute atomic E-state index is 12.4. The molecule has 0 heterocycles. The number of aliphatic hydroxyl groups is 1. The Kier molecular flexibility index (Phi) is 37.8. The van der Waals surface area contributed by atoms with Crippen molar-refractivity contribution < 1.29 is 37.9 Å². The summed E-state index contributed by atoms with van der Waals surface area (Å²) < 4.78 is 33.1. The summed E-state index contributed by atoms with van der Waals surface area (Å²) in [5.41, 5.74) is 5.35. The molecule has 0 saturated carbocycles. The standard InChI is InChI=1S/C43H76NO8P/c1-3-5-7-8-9-10-11-12-13-14-17-20-23-26-29-32-37-49-42(40-52-53(47,48)51-38-36-44)39-50-43(46)35-31-28-25-22-19-16-15-18-21-24-27-30-34-41(45)33-6-4-2/h6,15-16,21-22,24-25,27,30,32-33,37,41-42,45H,3-5,7-14,17-20,23,26,28-29,31,34-36,38-40,44H2,1-2H3,(H,47,48)/b16-15-,24-21-,25-22-,30-27+,33-6-,37-32+/t41?,42-/m1/s1. The van der Waals surface area contributed by atoms with Crippen molar-refractivity contribution in [1.82, 2.24) is 0 Å². The van der Waals surface area contributed by atoms with Gasteiger partial charge in [0.25, 0.3) is 0 Å². The number of allylic oxidation sites excluding steroid dienone is 9. The molecule has 0 saturated heterocycles. The summed E-state index contributed by atoms with van der Waals surface area (Å²) >= 11 is 0. The summed E-state index contributed by atoms with van der Waals surface area (Å²) in [7, 11) is -4.29. The van der Waals surface area contributed by atoms with Gasteiger partial charge >= 0.3 is 13.8 Å². The third kappa shape index (κ3) is 39.3. The SMILES string of the molecule is CC/C=C\C(O)C/C=C/C=C\C/C=C\C/C=C\CCCC(=O)OC[C@H](COP(=O)(O)OCCN)O/C=C/CCCCCCCCCCCCCCCC. The number of hydrogen-bond acceptors (Lipinski definition) is 8. The van der Waals surface area contributed by atoms with Crippen LogP contribution in [0.15, 0.2) is 73.1 Å². The number of rotatable bonds is 38. The van der Waals surface area contributed by atoms with E-state index < -0.39 is 20.0 Å². The first kappa shape index (κ1) is 50.7. The first-order valence-electron chi connectivity index (χ1n) is 20.6. The molecule has 9 nitrogen and oxygen atoms in total. The third-order valence-corrected chi connectivity index (χ3v) is 9.29. The van der Waals surface area contributed by atoms with Crippen molar-refractivity contribution in [1.29, 1.82) is 0 Å². The summed E-state index contributed by atoms with van der Waals surface area (Å²) in [4.78, 5) is 22.2. The van der Waals surface area contributed by atoms with E-state index >= 15 is 0 Å². The summed E-state index contributed by atoms with van der Waals surface area (Å²) in [6.07, 6.45) is 46.5. The second-order valence-corrected chi connectivity index (χ2v) is 14.8. The Balaban J connectivity index is 4.25. The van der Waals surface area contributed by atoms with Crippen LogP contribution in [0.3, 0.4) is 0 Å². The Morgan fingerprint density at radius 3 is 1.92 bits per heavy atom. The van der Waals surface area contributed by atoms with Gasteiger partial charge in [0.05, 0.1) is 25.6 Å². The molecule has 0 rings (SSSR count). The molecule has 0 aliphatic carbocycles. The lowest BCUT2D eigenvalue weighted by atomic mass is 10.0. The zero-order chi connectivity index (χ0) is 38.9. The van der Waals surface area contributed by atoms with Gasteiger partial charge < -0.3 is 25.2 Å². The van der Waals surface area contributed by atoms with Crippen molar-refractivity contribution >= 4 is 13.8 Å². The number of phosphoric acid groups is 1. The number of carbonyl (C=O) groups excluding carboxylic acids is 1. The van der Waals surface area contributed by atoms with E-state index in [1.165, 1.54) is 83.5 Å². The number of carbonyl (C=O) groups is 1. The number of esters is 1. The number of ether oxygens (including phenoxy) is 2. The van der Waals surface area contributed by atoms with Crippen LogP contribution in [0.5, 0.6) is 0 Å². The fraction of sp³-hybridized carbons (Fsp3) is 0.698. The Labute approximate surface area is 323 Å². The summed E-state index contributed by atoms with van der Waals surface area (Å²) in [5, 5.41) is 9.75. The Morgan fingerprint density at radius 2 is 1.28 bits per heavy atom. The number of nitrogens with two attached hydrogens (primary N) is 1. The van der Waals surface area contributed by atoms with Crippen molar-refractivity contribution in [3.05, 3.63) is 73.1 Å². The molecule has 0 aliphatic rings. The number of hydrogen-bond donors (Lipinski definition) is 3. The van der Waals surface area contributed by atoms with Gasteiger partial charge in [-0.3, -0.25) is 13.8 Å². The van der Waals surface area contributed by atoms with E-state index in [0.717, 1.165) is 38.5 Å². The molecule has 0 aliphatic heterocycles. The second kappa shape index (κ2) is 39.4. The van der Waals surface area contributed by atoms with Gasteiger partial charge in [0, 0.05) is 13.0 Å². The molecule has 0 amide bonds. The molecule has 0 aromatic rings. The van der Waals surface area contributed by atoms with Crippen LogP contribution in [-0.4, -0.2) is 54.5 Å². The summed E-state index contributed by atoms with van der Waals surface area (Å²) in [6.45, 7) is 3.89. The van der Waals surface area contributed by atoms with Crippen LogP contribution in [0.1, 0.15) is 155 Å². The monoisotopic (exact) mass is 766 g/mol. The van der Waals surface area contributed by atoms with Crippen molar-refractivity contribution in [3.8, 4) is 0 Å². The minimum atomic E-state index is -4.29. The van der Waals surface area contributed by atoms with Crippen LogP contribution in [0, 0.1) is 0 Å². The van der Waals surface area contributed by atoms with Crippen LogP contribution in [0.25, 0.3) is 0 Å². The lowest BCUT2D eigenvalue weighted by Crippen LogP contribution is -2.25. The summed E-state index contributed by atoms with van der Waals surface area (Å²) in [5.74, 6) is -0.363. The average Bonchev–Trinajstić information content (AvgIpc) is 3.15. The highest BCUT2D eigenvalue weighted by molar-refractivity contribution is 7.47. The first-order chi connectivity index (χ1) is 25.8. The zero-order valence-electron chi connectivity index (χ0n) is 33.3. The van der Waals surface area contributed by atoms with Crippen molar-refractivity contribution in [2.24, 2.45) is 5.73 Å². The van der Waals surface area contributed by atoms with Crippen LogP contribution in [0.2, 0.25) is 0 Å². The first-order valence-corrected chi connectivity index (χ1v) is 22.1. The highest BCUT2D eigenvalue weighted by Gasteiger charge is 2.24. The highest BCUT2D eigenvalue weighted by Crippen LogP contribution is 2.43. The molecule has 2 unspecified atom stereocenters. The van der Waals surface area contributed by atoms with Gasteiger partial charge in [0.15, 0.2) is 6.10 Å². The van der Waals surface area contributed by atoms with E-state index in [-0.39, 0.29) is 38.8 Å². The summed E-state index contributed by atoms with van der Waals surface area (Å²) in [6, 6.07) is 0. The number of unbranched alkanes of at least 4 members (excludes halogenated alkanes) is 15. The minimum Gasteiger partial charge on any atom is -0.492 e. The lowest BCUT2D eigenvalue weighted by molar-refractivity contribution is -0.147. The second-order valence-electron chi connectivity index (χ2n) is 13.4. The Morgan fingerprint density at radius 1 is 0.698 bits per heavy atom. The van der Waals surface area contributed by atoms with Gasteiger partial charge in [-0.2, -0.15) is 0 Å². The Bertz CT molecular complexity index is 1050. The smallest absolute Gasteiger partial charge is 0.472 e. The van der Waals surface area contributed by atoms with E-state index in [4.69, 9.17) is 24.3 Å². The van der Waals surface area contributed by atoms with Gasteiger partial charge in [-0.1, -0.05) is 158 Å². The Hall–Kier alpha value is -2.26. The molecule has 0 spiro atoms. The van der Waals surface area contributed by atoms with E-state index in [1.807, 2.05) is 43.4 Å². The molecule has 53 heavy (non-hydrogen) atoms. The minimum absolute atomic E-state index is 0.0838. The normalized spacial score (nSPS) is 14.8. The van der Waals surface area contributed by atoms with Gasteiger partial charge in [-0.05, 0) is 57.4 Å². The maximum Gasteiger partial charge on any atom is 0.472 e. The predicted molar refractivity (Wildman–Crippen MR) is 220 cm³/mol. The fourth-order valence-corrected chi connectivity index (χ4v) is 5.98. The quantitative estimate of drug-likeness (QED) is 0.0140. The van der Waals surface area contributed by atoms with Gasteiger partial charge in [0.2, 0.25) is 0 Å². The molecule has 10 heteroatoms. The maximum atomic E-state index is 12.4. The van der Waals surface area contributed by atoms with E-state index in [2.05, 4.69) is 37.3 Å². The fourth-order valence-electron chi connectivity index (χ4n) is 5.21. The van der Waals surface area contributed by atoms with Crippen LogP contribution < -0.4 is 5.73 Å². The molecule has 0 aromatic heterocycles. The topological polar surface area (TPSA) is 138 Å². The average molecular weight is 766 g/mol. The molecular formula is C43H76NO8P. The van der Waals surface area contributed by atoms with Crippen LogP contribution in [0.4, 0.5) is 0 Å². The molecule has 0 bridgehead atoms. The molecule has 4 N–H and O–H groups in total. The molecule has 306 valence electrons. The van der Waals surface area contributed by atoms with Crippen molar-refractivity contribution in [3.63, 3.8) is 0 Å². The van der Waals surface area contributed by atoms with Crippen LogP contribution in [-0.2, 0) is 27.9 Å². The predicted octanol–water partition coefficient (Wildman–Crippen LogP) is 11.3. The van der Waals surface area contributed by atoms with E-state index in [9.17, 15) is 19.4 Å². The third-order valence-electron chi connectivity index (χ3n) is 8.30. The van der Waals surface area contributed by atoms with E-state index in [0.29, 0.717) is 12.8 Å². The van der Waals surface area contributed by atoms with Crippen molar-refractivity contribution in [2.75, 3.05) is 26.4 Å². The molecule has 0 aromatic carbocycles. The molecule has 3 atom stereocenters. The van der Waals surface area contributed by atoms with Gasteiger partial charge in [-0.25, -0.2) is 4.57 Å². The number of aliphatic hydroxyl groups excluding tert-OH is 1. The van der Waals surface area contributed by atoms with Crippen LogP contribution >= 0.6 is 7.82 Å². The van der Waals surface area contributed by atoms with E-state index in [1.54, 1.807) is 6.26 Å². The molecular weight excluding hydrogens is 689 g/mol. The number of phosphoric ester groups is 1. The molecule has 0 fully saturated rings. The largest absolute Gasteiger partial charge is 0.492 e. The lowest BCUT2D eigenvalue weighted by Gasteiger charge is -2.19. The zero-order valence-corrected chi connectivity index (χ0v) is 34.2. The van der Waals surface area contributed by atoms with Gasteiger partial charge in [0.1, 0.15) is 6.61 Å².